The largest absolute Gasteiger partial charge is 0.450 e. The SMILES string of the molecule is Cc1ccc(CN2C(=O)C3(c4ccccc42)c2c(oc4ccc(C)cc4c2=O)C(=O)N3c2nccs2)cc1. The number of benzene rings is 3. The van der Waals surface area contributed by atoms with Gasteiger partial charge in [-0.25, -0.2) is 4.98 Å². The Labute approximate surface area is 221 Å². The third kappa shape index (κ3) is 2.89. The highest BCUT2D eigenvalue weighted by molar-refractivity contribution is 7.13. The average molecular weight is 520 g/mol. The predicted molar refractivity (Wildman–Crippen MR) is 146 cm³/mol. The van der Waals surface area contributed by atoms with Crippen LogP contribution in [-0.4, -0.2) is 16.8 Å². The van der Waals surface area contributed by atoms with Crippen LogP contribution in [0, 0.1) is 13.8 Å². The lowest BCUT2D eigenvalue weighted by molar-refractivity contribution is -0.121. The van der Waals surface area contributed by atoms with Crippen LogP contribution in [0.15, 0.2) is 87.5 Å². The van der Waals surface area contributed by atoms with Crippen LogP contribution < -0.4 is 15.2 Å². The van der Waals surface area contributed by atoms with E-state index in [0.717, 1.165) is 16.7 Å². The van der Waals surface area contributed by atoms with E-state index in [1.165, 1.54) is 16.2 Å². The van der Waals surface area contributed by atoms with Crippen LogP contribution in [0.2, 0.25) is 0 Å². The Balaban J connectivity index is 1.55. The summed E-state index contributed by atoms with van der Waals surface area (Å²) < 4.78 is 6.11. The van der Waals surface area contributed by atoms with Crippen molar-refractivity contribution in [1.29, 1.82) is 0 Å². The molecule has 7 rings (SSSR count). The van der Waals surface area contributed by atoms with Gasteiger partial charge in [-0.05, 0) is 37.6 Å². The van der Waals surface area contributed by atoms with Crippen LogP contribution in [-0.2, 0) is 16.9 Å². The second kappa shape index (κ2) is 7.97. The molecule has 3 aromatic carbocycles. The van der Waals surface area contributed by atoms with Crippen LogP contribution in [0.5, 0.6) is 0 Å². The number of amides is 2. The zero-order valence-electron chi connectivity index (χ0n) is 20.6. The topological polar surface area (TPSA) is 83.7 Å². The summed E-state index contributed by atoms with van der Waals surface area (Å²) in [5, 5.41) is 2.39. The van der Waals surface area contributed by atoms with Crippen molar-refractivity contribution in [1.82, 2.24) is 4.98 Å². The lowest BCUT2D eigenvalue weighted by Gasteiger charge is -2.32. The average Bonchev–Trinajstić information content (AvgIpc) is 3.59. The molecule has 38 heavy (non-hydrogen) atoms. The van der Waals surface area contributed by atoms with Crippen molar-refractivity contribution in [2.24, 2.45) is 0 Å². The van der Waals surface area contributed by atoms with Crippen molar-refractivity contribution in [3.8, 4) is 0 Å². The normalized spacial score (nSPS) is 18.1. The molecule has 0 radical (unpaired) electrons. The first-order valence-electron chi connectivity index (χ1n) is 12.2. The summed E-state index contributed by atoms with van der Waals surface area (Å²) >= 11 is 1.23. The fraction of sp³-hybridized carbons (Fsp3) is 0.133. The van der Waals surface area contributed by atoms with Crippen molar-refractivity contribution in [2.45, 2.75) is 25.9 Å². The highest BCUT2D eigenvalue weighted by Crippen LogP contribution is 2.54. The Kier molecular flexibility index (Phi) is 4.74. The number of aromatic nitrogens is 1. The summed E-state index contributed by atoms with van der Waals surface area (Å²) in [5.41, 5.74) is 2.34. The molecular formula is C30H21N3O4S. The van der Waals surface area contributed by atoms with Gasteiger partial charge in [0, 0.05) is 17.1 Å². The van der Waals surface area contributed by atoms with Gasteiger partial charge in [-0.2, -0.15) is 0 Å². The first-order chi connectivity index (χ1) is 18.4. The van der Waals surface area contributed by atoms with Crippen molar-refractivity contribution in [3.05, 3.63) is 122 Å². The minimum atomic E-state index is -1.73. The second-order valence-corrected chi connectivity index (χ2v) is 10.6. The van der Waals surface area contributed by atoms with Gasteiger partial charge in [0.2, 0.25) is 5.76 Å². The zero-order chi connectivity index (χ0) is 26.2. The van der Waals surface area contributed by atoms with E-state index in [1.807, 2.05) is 68.4 Å². The monoisotopic (exact) mass is 519 g/mol. The summed E-state index contributed by atoms with van der Waals surface area (Å²) in [6, 6.07) is 20.5. The Bertz CT molecular complexity index is 1840. The van der Waals surface area contributed by atoms with Crippen LogP contribution in [0.3, 0.4) is 0 Å². The molecule has 1 atom stereocenters. The van der Waals surface area contributed by atoms with Crippen molar-refractivity contribution in [2.75, 3.05) is 9.80 Å². The van der Waals surface area contributed by atoms with Gasteiger partial charge >= 0.3 is 0 Å². The standard InChI is InChI=1S/C30H21N3O4S/c1-17-7-10-19(11-8-17)16-32-22-6-4-3-5-21(22)30(28(32)36)24-25(34)20-15-18(2)9-12-23(20)37-26(24)27(35)33(30)29-31-13-14-38-29/h3-15H,16H2,1-2H3. The van der Waals surface area contributed by atoms with Gasteiger partial charge in [-0.15, -0.1) is 11.3 Å². The van der Waals surface area contributed by atoms with E-state index in [2.05, 4.69) is 4.98 Å². The maximum atomic E-state index is 14.8. The predicted octanol–water partition coefficient (Wildman–Crippen LogP) is 5.32. The number of fused-ring (bicyclic) bond motifs is 5. The fourth-order valence-corrected chi connectivity index (χ4v) is 6.33. The van der Waals surface area contributed by atoms with Crippen LogP contribution in [0.1, 0.15) is 38.4 Å². The molecule has 4 heterocycles. The van der Waals surface area contributed by atoms with Gasteiger partial charge in [-0.1, -0.05) is 59.7 Å². The van der Waals surface area contributed by atoms with Crippen LogP contribution >= 0.6 is 11.3 Å². The van der Waals surface area contributed by atoms with Gasteiger partial charge in [0.15, 0.2) is 16.1 Å². The molecule has 2 aromatic heterocycles. The Morgan fingerprint density at radius 3 is 2.47 bits per heavy atom. The lowest BCUT2D eigenvalue weighted by Crippen LogP contribution is -2.53. The maximum absolute atomic E-state index is 14.8. The van der Waals surface area contributed by atoms with Gasteiger partial charge in [0.05, 0.1) is 23.2 Å². The third-order valence-electron chi connectivity index (χ3n) is 7.35. The minimum absolute atomic E-state index is 0.0413. The number of para-hydroxylation sites is 1. The highest BCUT2D eigenvalue weighted by Gasteiger charge is 2.66. The molecule has 0 fully saturated rings. The Hall–Kier alpha value is -4.56. The molecule has 0 bridgehead atoms. The summed E-state index contributed by atoms with van der Waals surface area (Å²) in [6.07, 6.45) is 1.58. The number of aryl methyl sites for hydroxylation is 2. The van der Waals surface area contributed by atoms with Gasteiger partial charge in [0.1, 0.15) is 5.58 Å². The summed E-state index contributed by atoms with van der Waals surface area (Å²) in [7, 11) is 0. The quantitative estimate of drug-likeness (QED) is 0.322. The molecule has 2 aliphatic heterocycles. The zero-order valence-corrected chi connectivity index (χ0v) is 21.4. The van der Waals surface area contributed by atoms with Crippen molar-refractivity contribution < 1.29 is 14.0 Å². The highest BCUT2D eigenvalue weighted by atomic mass is 32.1. The first-order valence-corrected chi connectivity index (χ1v) is 13.1. The molecule has 5 aromatic rings. The molecule has 1 spiro atoms. The number of carbonyl (C=O) groups excluding carboxylic acids is 2. The Morgan fingerprint density at radius 1 is 0.947 bits per heavy atom. The number of hydrogen-bond acceptors (Lipinski definition) is 6. The molecule has 7 nitrogen and oxygen atoms in total. The van der Waals surface area contributed by atoms with E-state index in [9.17, 15) is 14.4 Å². The fourth-order valence-electron chi connectivity index (χ4n) is 5.64. The number of rotatable bonds is 3. The van der Waals surface area contributed by atoms with Gasteiger partial charge in [0.25, 0.3) is 11.8 Å². The summed E-state index contributed by atoms with van der Waals surface area (Å²) in [6.45, 7) is 4.17. The second-order valence-electron chi connectivity index (χ2n) is 9.69. The first kappa shape index (κ1) is 22.6. The summed E-state index contributed by atoms with van der Waals surface area (Å²) in [5.74, 6) is -1.07. The maximum Gasteiger partial charge on any atom is 0.297 e. The van der Waals surface area contributed by atoms with E-state index < -0.39 is 16.9 Å². The van der Waals surface area contributed by atoms with E-state index in [-0.39, 0.29) is 23.8 Å². The van der Waals surface area contributed by atoms with Crippen molar-refractivity contribution in [3.63, 3.8) is 0 Å². The Morgan fingerprint density at radius 2 is 1.71 bits per heavy atom. The molecule has 0 saturated heterocycles. The number of nitrogens with zero attached hydrogens (tertiary/aromatic N) is 3. The van der Waals surface area contributed by atoms with E-state index in [0.29, 0.717) is 27.4 Å². The van der Waals surface area contributed by atoms with Crippen molar-refractivity contribution >= 4 is 44.9 Å². The van der Waals surface area contributed by atoms with E-state index in [1.54, 1.807) is 28.6 Å². The molecule has 2 amide bonds. The molecule has 1 unspecified atom stereocenters. The molecule has 0 N–H and O–H groups in total. The molecule has 2 aliphatic rings. The van der Waals surface area contributed by atoms with Gasteiger partial charge in [-0.3, -0.25) is 19.3 Å². The van der Waals surface area contributed by atoms with Crippen LogP contribution in [0.4, 0.5) is 10.8 Å². The lowest BCUT2D eigenvalue weighted by atomic mass is 9.84. The molecule has 0 saturated carbocycles. The van der Waals surface area contributed by atoms with Crippen LogP contribution in [0.25, 0.3) is 11.0 Å². The number of hydrogen-bond donors (Lipinski definition) is 0. The molecule has 186 valence electrons. The minimum Gasteiger partial charge on any atom is -0.450 e. The van der Waals surface area contributed by atoms with Gasteiger partial charge < -0.3 is 9.32 Å². The summed E-state index contributed by atoms with van der Waals surface area (Å²) in [4.78, 5) is 50.5. The molecule has 8 heteroatoms. The molecular weight excluding hydrogens is 498 g/mol. The van der Waals surface area contributed by atoms with E-state index in [4.69, 9.17) is 4.42 Å². The number of carbonyl (C=O) groups is 2. The number of thiazole rings is 1. The molecule has 0 aliphatic carbocycles. The smallest absolute Gasteiger partial charge is 0.297 e. The number of anilines is 2. The third-order valence-corrected chi connectivity index (χ3v) is 8.11. The van der Waals surface area contributed by atoms with E-state index >= 15 is 0 Å².